The maximum atomic E-state index is 13.1. The fraction of sp³-hybridized carbons (Fsp3) is 0.200. The van der Waals surface area contributed by atoms with Crippen LogP contribution < -0.4 is 4.74 Å². The van der Waals surface area contributed by atoms with Crippen LogP contribution in [0.4, 0.5) is 4.39 Å². The van der Waals surface area contributed by atoms with Gasteiger partial charge < -0.3 is 4.74 Å². The molecule has 0 N–H and O–H groups in total. The van der Waals surface area contributed by atoms with E-state index in [-0.39, 0.29) is 10.6 Å². The van der Waals surface area contributed by atoms with Gasteiger partial charge in [-0.2, -0.15) is 0 Å². The zero-order valence-corrected chi connectivity index (χ0v) is 14.1. The van der Waals surface area contributed by atoms with Gasteiger partial charge in [-0.3, -0.25) is 0 Å². The second kappa shape index (κ2) is 6.70. The molecule has 0 aliphatic carbocycles. The van der Waals surface area contributed by atoms with Crippen molar-refractivity contribution >= 4 is 38.5 Å². The second-order valence-corrected chi connectivity index (χ2v) is 6.42. The van der Waals surface area contributed by atoms with Crippen molar-refractivity contribution in [3.8, 4) is 5.75 Å². The lowest BCUT2D eigenvalue weighted by atomic mass is 10.0. The number of ether oxygens (including phenoxy) is 1. The van der Waals surface area contributed by atoms with E-state index in [1.165, 1.54) is 6.07 Å². The molecular formula is C15H13BrFIO. The molecular weight excluding hydrogens is 422 g/mol. The predicted molar refractivity (Wildman–Crippen MR) is 87.5 cm³/mol. The summed E-state index contributed by atoms with van der Waals surface area (Å²) in [4.78, 5) is 0.135. The molecule has 4 heteroatoms. The SMILES string of the molecule is COc1ccccc1CC(Br)c1ccc(F)cc1I. The molecule has 2 rings (SSSR count). The van der Waals surface area contributed by atoms with Crippen molar-refractivity contribution in [2.75, 3.05) is 7.11 Å². The lowest BCUT2D eigenvalue weighted by molar-refractivity contribution is 0.409. The third-order valence-electron chi connectivity index (χ3n) is 2.89. The van der Waals surface area contributed by atoms with Crippen LogP contribution in [0.15, 0.2) is 42.5 Å². The van der Waals surface area contributed by atoms with Gasteiger partial charge in [-0.1, -0.05) is 40.2 Å². The molecule has 2 aromatic carbocycles. The Morgan fingerprint density at radius 3 is 2.68 bits per heavy atom. The summed E-state index contributed by atoms with van der Waals surface area (Å²) < 4.78 is 19.4. The molecule has 0 amide bonds. The summed E-state index contributed by atoms with van der Waals surface area (Å²) in [5.74, 6) is 0.675. The molecule has 0 heterocycles. The standard InChI is InChI=1S/C15H13BrFIO/c1-19-15-5-3-2-4-10(15)8-13(16)12-7-6-11(17)9-14(12)18/h2-7,9,13H,8H2,1H3. The predicted octanol–water partition coefficient (Wildman–Crippen LogP) is 5.12. The average Bonchev–Trinajstić information content (AvgIpc) is 2.39. The molecule has 0 saturated carbocycles. The van der Waals surface area contributed by atoms with Gasteiger partial charge in [-0.15, -0.1) is 0 Å². The first-order valence-corrected chi connectivity index (χ1v) is 7.82. The van der Waals surface area contributed by atoms with Gasteiger partial charge in [0.1, 0.15) is 11.6 Å². The number of halogens is 3. The van der Waals surface area contributed by atoms with E-state index in [2.05, 4.69) is 38.5 Å². The van der Waals surface area contributed by atoms with Gasteiger partial charge in [0.2, 0.25) is 0 Å². The second-order valence-electron chi connectivity index (χ2n) is 4.15. The Labute approximate surface area is 134 Å². The Morgan fingerprint density at radius 2 is 2.00 bits per heavy atom. The average molecular weight is 435 g/mol. The Kier molecular flexibility index (Phi) is 5.21. The molecule has 0 radical (unpaired) electrons. The van der Waals surface area contributed by atoms with Crippen LogP contribution in [0.2, 0.25) is 0 Å². The van der Waals surface area contributed by atoms with Gasteiger partial charge in [0.15, 0.2) is 0 Å². The quantitative estimate of drug-likeness (QED) is 0.479. The van der Waals surface area contributed by atoms with Crippen molar-refractivity contribution in [3.63, 3.8) is 0 Å². The van der Waals surface area contributed by atoms with Crippen molar-refractivity contribution in [3.05, 3.63) is 63.0 Å². The van der Waals surface area contributed by atoms with Crippen LogP contribution in [0.25, 0.3) is 0 Å². The zero-order valence-electron chi connectivity index (χ0n) is 10.4. The highest BCUT2D eigenvalue weighted by Crippen LogP contribution is 2.33. The molecule has 1 atom stereocenters. The molecule has 0 spiro atoms. The van der Waals surface area contributed by atoms with Crippen molar-refractivity contribution in [2.24, 2.45) is 0 Å². The van der Waals surface area contributed by atoms with Crippen LogP contribution in [-0.4, -0.2) is 7.11 Å². The van der Waals surface area contributed by atoms with E-state index >= 15 is 0 Å². The fourth-order valence-corrected chi connectivity index (χ4v) is 3.96. The molecule has 0 fully saturated rings. The monoisotopic (exact) mass is 434 g/mol. The number of benzene rings is 2. The molecule has 2 aromatic rings. The smallest absolute Gasteiger partial charge is 0.124 e. The van der Waals surface area contributed by atoms with E-state index in [9.17, 15) is 4.39 Å². The van der Waals surface area contributed by atoms with Crippen LogP contribution in [0, 0.1) is 9.39 Å². The summed E-state index contributed by atoms with van der Waals surface area (Å²) in [7, 11) is 1.67. The van der Waals surface area contributed by atoms with Crippen molar-refractivity contribution < 1.29 is 9.13 Å². The molecule has 19 heavy (non-hydrogen) atoms. The largest absolute Gasteiger partial charge is 0.496 e. The summed E-state index contributed by atoms with van der Waals surface area (Å²) in [6, 6.07) is 12.8. The number of alkyl halides is 1. The molecule has 0 bridgehead atoms. The first-order chi connectivity index (χ1) is 9.11. The van der Waals surface area contributed by atoms with Crippen LogP contribution in [0.1, 0.15) is 16.0 Å². The van der Waals surface area contributed by atoms with E-state index in [1.54, 1.807) is 13.2 Å². The third-order valence-corrected chi connectivity index (χ3v) is 4.64. The summed E-state index contributed by atoms with van der Waals surface area (Å²) in [5, 5.41) is 0. The molecule has 1 nitrogen and oxygen atoms in total. The van der Waals surface area contributed by atoms with Gasteiger partial charge in [0.05, 0.1) is 7.11 Å². The molecule has 0 saturated heterocycles. The molecule has 1 unspecified atom stereocenters. The number of methoxy groups -OCH3 is 1. The topological polar surface area (TPSA) is 9.23 Å². The van der Waals surface area contributed by atoms with Gasteiger partial charge in [0.25, 0.3) is 0 Å². The highest BCUT2D eigenvalue weighted by Gasteiger charge is 2.14. The van der Waals surface area contributed by atoms with Crippen LogP contribution in [-0.2, 0) is 6.42 Å². The van der Waals surface area contributed by atoms with Crippen LogP contribution >= 0.6 is 38.5 Å². The van der Waals surface area contributed by atoms with Gasteiger partial charge in [-0.25, -0.2) is 4.39 Å². The Morgan fingerprint density at radius 1 is 1.26 bits per heavy atom. The fourth-order valence-electron chi connectivity index (χ4n) is 1.93. The van der Waals surface area contributed by atoms with Crippen LogP contribution in [0.3, 0.4) is 0 Å². The molecule has 0 aliphatic heterocycles. The minimum atomic E-state index is -0.204. The van der Waals surface area contributed by atoms with E-state index in [1.807, 2.05) is 30.3 Å². The molecule has 100 valence electrons. The van der Waals surface area contributed by atoms with Gasteiger partial charge in [0, 0.05) is 8.40 Å². The Hall–Kier alpha value is -0.620. The zero-order chi connectivity index (χ0) is 13.8. The first kappa shape index (κ1) is 14.8. The van der Waals surface area contributed by atoms with Crippen molar-refractivity contribution in [2.45, 2.75) is 11.2 Å². The highest BCUT2D eigenvalue weighted by molar-refractivity contribution is 14.1. The summed E-state index contributed by atoms with van der Waals surface area (Å²) in [6.45, 7) is 0. The van der Waals surface area contributed by atoms with E-state index in [0.29, 0.717) is 0 Å². The lowest BCUT2D eigenvalue weighted by Gasteiger charge is -2.14. The van der Waals surface area contributed by atoms with Gasteiger partial charge in [-0.05, 0) is 58.3 Å². The summed E-state index contributed by atoms with van der Waals surface area (Å²) in [6.07, 6.45) is 0.797. The number of para-hydroxylation sites is 1. The maximum absolute atomic E-state index is 13.1. The van der Waals surface area contributed by atoms with Crippen molar-refractivity contribution in [1.82, 2.24) is 0 Å². The van der Waals surface area contributed by atoms with Crippen LogP contribution in [0.5, 0.6) is 5.75 Å². The van der Waals surface area contributed by atoms with E-state index in [0.717, 1.165) is 26.9 Å². The van der Waals surface area contributed by atoms with E-state index < -0.39 is 0 Å². The number of rotatable bonds is 4. The summed E-state index contributed by atoms with van der Waals surface area (Å²) >= 11 is 5.84. The summed E-state index contributed by atoms with van der Waals surface area (Å²) in [5.41, 5.74) is 2.22. The normalized spacial score (nSPS) is 12.2. The number of hydrogen-bond acceptors (Lipinski definition) is 1. The Bertz CT molecular complexity index is 574. The van der Waals surface area contributed by atoms with Crippen molar-refractivity contribution in [1.29, 1.82) is 0 Å². The maximum Gasteiger partial charge on any atom is 0.124 e. The Balaban J connectivity index is 2.23. The molecule has 0 aromatic heterocycles. The highest BCUT2D eigenvalue weighted by atomic mass is 127. The first-order valence-electron chi connectivity index (χ1n) is 5.82. The number of hydrogen-bond donors (Lipinski definition) is 0. The minimum Gasteiger partial charge on any atom is -0.496 e. The lowest BCUT2D eigenvalue weighted by Crippen LogP contribution is -2.00. The van der Waals surface area contributed by atoms with Gasteiger partial charge >= 0.3 is 0 Å². The molecule has 0 aliphatic rings. The minimum absolute atomic E-state index is 0.135. The third kappa shape index (κ3) is 3.69. The van der Waals surface area contributed by atoms with E-state index in [4.69, 9.17) is 4.74 Å².